The molecule has 1 aromatic rings. The highest BCUT2D eigenvalue weighted by Crippen LogP contribution is 2.44. The lowest BCUT2D eigenvalue weighted by molar-refractivity contribution is 0.0110. The van der Waals surface area contributed by atoms with Crippen molar-refractivity contribution in [3.63, 3.8) is 0 Å². The van der Waals surface area contributed by atoms with E-state index in [0.29, 0.717) is 5.15 Å². The second-order valence-corrected chi connectivity index (χ2v) is 7.95. The first-order valence-electron chi connectivity index (χ1n) is 7.89. The highest BCUT2D eigenvalue weighted by molar-refractivity contribution is 6.29. The van der Waals surface area contributed by atoms with Crippen LogP contribution in [0.15, 0.2) is 12.1 Å². The van der Waals surface area contributed by atoms with Gasteiger partial charge in [-0.15, -0.1) is 0 Å². The van der Waals surface area contributed by atoms with Gasteiger partial charge in [0.05, 0.1) is 0 Å². The van der Waals surface area contributed by atoms with Crippen molar-refractivity contribution in [1.82, 2.24) is 9.88 Å². The molecule has 0 aromatic carbocycles. The Labute approximate surface area is 136 Å². The van der Waals surface area contributed by atoms with Crippen LogP contribution in [0.3, 0.4) is 0 Å². The molecule has 1 fully saturated rings. The van der Waals surface area contributed by atoms with E-state index in [-0.39, 0.29) is 11.5 Å². The van der Waals surface area contributed by atoms with Gasteiger partial charge in [-0.3, -0.25) is 0 Å². The van der Waals surface area contributed by atoms with Crippen molar-refractivity contribution in [3.8, 4) is 0 Å². The second-order valence-electron chi connectivity index (χ2n) is 7.56. The summed E-state index contributed by atoms with van der Waals surface area (Å²) in [7, 11) is 0. The Morgan fingerprint density at radius 2 is 1.95 bits per heavy atom. The SMILES string of the molecule is CC(C)(C)OC(=O)N1CCC2(CC1)Cc1ccc(Cl)nc1C2. The van der Waals surface area contributed by atoms with Crippen molar-refractivity contribution in [3.05, 3.63) is 28.5 Å². The Morgan fingerprint density at radius 3 is 2.59 bits per heavy atom. The van der Waals surface area contributed by atoms with E-state index in [1.807, 2.05) is 31.7 Å². The summed E-state index contributed by atoms with van der Waals surface area (Å²) in [5.41, 5.74) is 2.27. The molecule has 0 bridgehead atoms. The van der Waals surface area contributed by atoms with Crippen LogP contribution in [-0.4, -0.2) is 34.7 Å². The molecule has 1 aliphatic carbocycles. The summed E-state index contributed by atoms with van der Waals surface area (Å²) in [5, 5.41) is 0.571. The van der Waals surface area contributed by atoms with Gasteiger partial charge >= 0.3 is 6.09 Å². The highest BCUT2D eigenvalue weighted by Gasteiger charge is 2.42. The predicted molar refractivity (Wildman–Crippen MR) is 86.1 cm³/mol. The average Bonchev–Trinajstić information content (AvgIpc) is 2.74. The number of hydrogen-bond acceptors (Lipinski definition) is 3. The van der Waals surface area contributed by atoms with Gasteiger partial charge in [0.15, 0.2) is 0 Å². The molecule has 1 spiro atoms. The van der Waals surface area contributed by atoms with Crippen LogP contribution in [0.4, 0.5) is 4.79 Å². The van der Waals surface area contributed by atoms with Crippen molar-refractivity contribution in [2.45, 2.75) is 52.1 Å². The molecule has 1 saturated heterocycles. The maximum atomic E-state index is 12.2. The maximum absolute atomic E-state index is 12.2. The first-order chi connectivity index (χ1) is 10.3. The van der Waals surface area contributed by atoms with Crippen molar-refractivity contribution in [2.75, 3.05) is 13.1 Å². The number of ether oxygens (including phenoxy) is 1. The number of hydrogen-bond donors (Lipinski definition) is 0. The van der Waals surface area contributed by atoms with Gasteiger partial charge in [0.1, 0.15) is 10.8 Å². The van der Waals surface area contributed by atoms with E-state index >= 15 is 0 Å². The van der Waals surface area contributed by atoms with Gasteiger partial charge in [0.2, 0.25) is 0 Å². The summed E-state index contributed by atoms with van der Waals surface area (Å²) in [6.07, 6.45) is 3.83. The van der Waals surface area contributed by atoms with Crippen LogP contribution >= 0.6 is 11.6 Å². The minimum Gasteiger partial charge on any atom is -0.444 e. The zero-order valence-corrected chi connectivity index (χ0v) is 14.2. The molecule has 4 nitrogen and oxygen atoms in total. The fraction of sp³-hybridized carbons (Fsp3) is 0.647. The first kappa shape index (κ1) is 15.6. The van der Waals surface area contributed by atoms with E-state index in [9.17, 15) is 4.79 Å². The molecule has 0 unspecified atom stereocenters. The molecule has 0 saturated carbocycles. The molecule has 2 heterocycles. The average molecular weight is 323 g/mol. The largest absolute Gasteiger partial charge is 0.444 e. The Hall–Kier alpha value is -1.29. The van der Waals surface area contributed by atoms with Crippen molar-refractivity contribution < 1.29 is 9.53 Å². The lowest BCUT2D eigenvalue weighted by Crippen LogP contribution is -2.45. The summed E-state index contributed by atoms with van der Waals surface area (Å²) in [5.74, 6) is 0. The topological polar surface area (TPSA) is 42.4 Å². The van der Waals surface area contributed by atoms with Gasteiger partial charge < -0.3 is 9.64 Å². The molecular formula is C17H23ClN2O2. The van der Waals surface area contributed by atoms with Crippen LogP contribution in [-0.2, 0) is 17.6 Å². The normalized spacial score (nSPS) is 20.1. The van der Waals surface area contributed by atoms with Crippen LogP contribution in [0.25, 0.3) is 0 Å². The Balaban J connectivity index is 1.62. The zero-order chi connectivity index (χ0) is 16.0. The van der Waals surface area contributed by atoms with Crippen molar-refractivity contribution >= 4 is 17.7 Å². The van der Waals surface area contributed by atoms with E-state index in [2.05, 4.69) is 11.1 Å². The molecule has 0 atom stereocenters. The fourth-order valence-electron chi connectivity index (χ4n) is 3.48. The summed E-state index contributed by atoms with van der Waals surface area (Å²) in [6.45, 7) is 7.23. The number of pyridine rings is 1. The highest BCUT2D eigenvalue weighted by atomic mass is 35.5. The first-order valence-corrected chi connectivity index (χ1v) is 8.26. The van der Waals surface area contributed by atoms with Gasteiger partial charge in [-0.2, -0.15) is 0 Å². The summed E-state index contributed by atoms with van der Waals surface area (Å²) in [6, 6.07) is 3.97. The van der Waals surface area contributed by atoms with Gasteiger partial charge in [0.25, 0.3) is 0 Å². The van der Waals surface area contributed by atoms with Gasteiger partial charge in [0, 0.05) is 18.8 Å². The van der Waals surface area contributed by atoms with Crippen LogP contribution in [0.5, 0.6) is 0 Å². The number of carbonyl (C=O) groups is 1. The lowest BCUT2D eigenvalue weighted by atomic mass is 9.76. The number of fused-ring (bicyclic) bond motifs is 1. The number of carbonyl (C=O) groups excluding carboxylic acids is 1. The molecule has 1 amide bonds. The quantitative estimate of drug-likeness (QED) is 0.681. The van der Waals surface area contributed by atoms with Crippen LogP contribution < -0.4 is 0 Å². The molecule has 0 radical (unpaired) electrons. The molecule has 3 rings (SSSR count). The summed E-state index contributed by atoms with van der Waals surface area (Å²) < 4.78 is 5.46. The van der Waals surface area contributed by atoms with E-state index in [4.69, 9.17) is 16.3 Å². The third kappa shape index (κ3) is 3.22. The predicted octanol–water partition coefficient (Wildman–Crippen LogP) is 3.85. The third-order valence-corrected chi connectivity index (χ3v) is 4.83. The molecule has 1 aromatic heterocycles. The number of likely N-dealkylation sites (tertiary alicyclic amines) is 1. The number of aromatic nitrogens is 1. The Kier molecular flexibility index (Phi) is 3.84. The number of halogens is 1. The van der Waals surface area contributed by atoms with Crippen molar-refractivity contribution in [1.29, 1.82) is 0 Å². The molecular weight excluding hydrogens is 300 g/mol. The molecule has 2 aliphatic rings. The second kappa shape index (κ2) is 5.41. The van der Waals surface area contributed by atoms with E-state index < -0.39 is 5.60 Å². The van der Waals surface area contributed by atoms with E-state index in [1.165, 1.54) is 5.56 Å². The molecule has 5 heteroatoms. The van der Waals surface area contributed by atoms with Gasteiger partial charge in [-0.25, -0.2) is 9.78 Å². The number of amides is 1. The number of piperidine rings is 1. The minimum absolute atomic E-state index is 0.195. The van der Waals surface area contributed by atoms with Gasteiger partial charge in [-0.05, 0) is 63.5 Å². The van der Waals surface area contributed by atoms with E-state index in [1.54, 1.807) is 0 Å². The number of nitrogens with zero attached hydrogens (tertiary/aromatic N) is 2. The Morgan fingerprint density at radius 1 is 1.27 bits per heavy atom. The minimum atomic E-state index is -0.434. The standard InChI is InChI=1S/C17H23ClN2O2/c1-16(2,3)22-15(21)20-8-6-17(7-9-20)10-12-4-5-14(18)19-13(12)11-17/h4-5H,6-11H2,1-3H3. The summed E-state index contributed by atoms with van der Waals surface area (Å²) in [4.78, 5) is 18.5. The maximum Gasteiger partial charge on any atom is 0.410 e. The Bertz CT molecular complexity index is 587. The molecule has 1 aliphatic heterocycles. The summed E-state index contributed by atoms with van der Waals surface area (Å²) >= 11 is 6.00. The smallest absolute Gasteiger partial charge is 0.410 e. The monoisotopic (exact) mass is 322 g/mol. The zero-order valence-electron chi connectivity index (χ0n) is 13.5. The van der Waals surface area contributed by atoms with Crippen LogP contribution in [0.2, 0.25) is 5.15 Å². The molecule has 22 heavy (non-hydrogen) atoms. The fourth-order valence-corrected chi connectivity index (χ4v) is 3.65. The van der Waals surface area contributed by atoms with Crippen molar-refractivity contribution in [2.24, 2.45) is 5.41 Å². The van der Waals surface area contributed by atoms with Crippen LogP contribution in [0, 0.1) is 5.41 Å². The lowest BCUT2D eigenvalue weighted by Gasteiger charge is -2.39. The van der Waals surface area contributed by atoms with Crippen LogP contribution in [0.1, 0.15) is 44.9 Å². The third-order valence-electron chi connectivity index (χ3n) is 4.62. The molecule has 120 valence electrons. The molecule has 0 N–H and O–H groups in total. The van der Waals surface area contributed by atoms with E-state index in [0.717, 1.165) is 44.5 Å². The van der Waals surface area contributed by atoms with Gasteiger partial charge in [-0.1, -0.05) is 17.7 Å². The number of rotatable bonds is 0.